The van der Waals surface area contributed by atoms with Crippen molar-refractivity contribution >= 4 is 11.9 Å². The highest BCUT2D eigenvalue weighted by molar-refractivity contribution is 5.73. The summed E-state index contributed by atoms with van der Waals surface area (Å²) < 4.78 is 63.5. The van der Waals surface area contributed by atoms with Crippen LogP contribution in [0.5, 0.6) is 0 Å². The van der Waals surface area contributed by atoms with Gasteiger partial charge in [-0.2, -0.15) is 26.3 Å². The van der Waals surface area contributed by atoms with Gasteiger partial charge in [-0.25, -0.2) is 9.59 Å². The summed E-state index contributed by atoms with van der Waals surface area (Å²) in [6.07, 6.45) is -1.40. The molecular formula is C20H21F6N3O5. The van der Waals surface area contributed by atoms with E-state index in [4.69, 9.17) is 19.8 Å². The molecule has 0 aliphatic carbocycles. The molecule has 3 rings (SSSR count). The van der Waals surface area contributed by atoms with E-state index < -0.39 is 24.3 Å². The Morgan fingerprint density at radius 3 is 1.74 bits per heavy atom. The summed E-state index contributed by atoms with van der Waals surface area (Å²) in [6.45, 7) is 1.77. The predicted octanol–water partition coefficient (Wildman–Crippen LogP) is 2.92. The van der Waals surface area contributed by atoms with Crippen molar-refractivity contribution < 1.29 is 51.3 Å². The largest absolute Gasteiger partial charge is 0.490 e. The van der Waals surface area contributed by atoms with E-state index in [0.29, 0.717) is 0 Å². The fourth-order valence-electron chi connectivity index (χ4n) is 2.85. The zero-order chi connectivity index (χ0) is 25.9. The molecule has 2 aromatic heterocycles. The summed E-state index contributed by atoms with van der Waals surface area (Å²) in [5, 5.41) is 24.5. The lowest BCUT2D eigenvalue weighted by Gasteiger charge is -2.26. The third-order valence-corrected chi connectivity index (χ3v) is 4.39. The summed E-state index contributed by atoms with van der Waals surface area (Å²) in [5.41, 5.74) is 2.37. The van der Waals surface area contributed by atoms with Gasteiger partial charge in [0.15, 0.2) is 0 Å². The maximum Gasteiger partial charge on any atom is 0.490 e. The lowest BCUT2D eigenvalue weighted by atomic mass is 10.0. The molecule has 0 aromatic carbocycles. The highest BCUT2D eigenvalue weighted by atomic mass is 19.4. The van der Waals surface area contributed by atoms with Crippen LogP contribution in [0, 0.1) is 0 Å². The number of carboxylic acid groups (broad SMARTS) is 2. The number of hydrogen-bond acceptors (Lipinski definition) is 6. The maximum atomic E-state index is 10.6. The van der Waals surface area contributed by atoms with Gasteiger partial charge in [0.1, 0.15) is 0 Å². The van der Waals surface area contributed by atoms with Gasteiger partial charge in [0, 0.05) is 43.9 Å². The molecule has 14 heteroatoms. The molecule has 0 unspecified atom stereocenters. The molecular weight excluding hydrogens is 476 g/mol. The standard InChI is InChI=1S/C16H19N3O.2C2HF3O2/c20-16-5-8-19(12-14-4-2-7-18-11-14)15(16)9-13-3-1-6-17-10-13;2*3-2(4,5)1(6)7/h1-4,6-7,10-11,15-16,20H,5,8-9,12H2;2*(H,6,7)/t15-,16-;;/m0../s1. The third-order valence-electron chi connectivity index (χ3n) is 4.39. The SMILES string of the molecule is O=C(O)C(F)(F)F.O=C(O)C(F)(F)F.O[C@H]1CCN(Cc2cccnc2)[C@H]1Cc1cccnc1. The van der Waals surface area contributed by atoms with Crippen LogP contribution >= 0.6 is 0 Å². The molecule has 0 amide bonds. The number of carbonyl (C=O) groups is 2. The first-order valence-electron chi connectivity index (χ1n) is 9.52. The van der Waals surface area contributed by atoms with Crippen molar-refractivity contribution in [2.45, 2.75) is 43.9 Å². The van der Waals surface area contributed by atoms with Crippen LogP contribution in [0.1, 0.15) is 17.5 Å². The maximum absolute atomic E-state index is 10.6. The van der Waals surface area contributed by atoms with E-state index in [1.807, 2.05) is 24.5 Å². The van der Waals surface area contributed by atoms with Crippen LogP contribution in [0.2, 0.25) is 0 Å². The Hall–Kier alpha value is -3.26. The van der Waals surface area contributed by atoms with Crippen LogP contribution in [0.4, 0.5) is 26.3 Å². The van der Waals surface area contributed by atoms with Crippen LogP contribution in [-0.4, -0.2) is 73.2 Å². The van der Waals surface area contributed by atoms with Gasteiger partial charge in [0.2, 0.25) is 0 Å². The Balaban J connectivity index is 0.000000343. The molecule has 3 heterocycles. The summed E-state index contributed by atoms with van der Waals surface area (Å²) in [5.74, 6) is -5.51. The first-order chi connectivity index (χ1) is 15.7. The van der Waals surface area contributed by atoms with E-state index in [2.05, 4.69) is 27.0 Å². The Labute approximate surface area is 189 Å². The molecule has 8 nitrogen and oxygen atoms in total. The molecule has 0 radical (unpaired) electrons. The number of aliphatic hydroxyl groups excluding tert-OH is 1. The zero-order valence-corrected chi connectivity index (χ0v) is 17.4. The molecule has 2 aromatic rings. The van der Waals surface area contributed by atoms with Crippen molar-refractivity contribution in [1.29, 1.82) is 0 Å². The zero-order valence-electron chi connectivity index (χ0n) is 17.4. The number of alkyl halides is 6. The van der Waals surface area contributed by atoms with E-state index in [9.17, 15) is 31.4 Å². The van der Waals surface area contributed by atoms with E-state index in [0.717, 1.165) is 25.9 Å². The van der Waals surface area contributed by atoms with E-state index in [-0.39, 0.29) is 12.1 Å². The minimum Gasteiger partial charge on any atom is -0.475 e. The van der Waals surface area contributed by atoms with Crippen molar-refractivity contribution in [2.75, 3.05) is 6.54 Å². The van der Waals surface area contributed by atoms with Crippen LogP contribution in [0.15, 0.2) is 49.1 Å². The first-order valence-corrected chi connectivity index (χ1v) is 9.52. The van der Waals surface area contributed by atoms with E-state index >= 15 is 0 Å². The molecule has 188 valence electrons. The second-order valence-corrected chi connectivity index (χ2v) is 6.93. The number of likely N-dealkylation sites (tertiary alicyclic amines) is 1. The fraction of sp³-hybridized carbons (Fsp3) is 0.400. The molecule has 1 fully saturated rings. The van der Waals surface area contributed by atoms with Gasteiger partial charge in [-0.3, -0.25) is 14.9 Å². The van der Waals surface area contributed by atoms with Gasteiger partial charge < -0.3 is 15.3 Å². The van der Waals surface area contributed by atoms with Gasteiger partial charge in [0.25, 0.3) is 0 Å². The molecule has 0 saturated carbocycles. The summed E-state index contributed by atoms with van der Waals surface area (Å²) in [7, 11) is 0. The van der Waals surface area contributed by atoms with Gasteiger partial charge in [-0.1, -0.05) is 12.1 Å². The molecule has 1 aliphatic heterocycles. The lowest BCUT2D eigenvalue weighted by Crippen LogP contribution is -2.36. The fourth-order valence-corrected chi connectivity index (χ4v) is 2.85. The van der Waals surface area contributed by atoms with Crippen LogP contribution in [0.25, 0.3) is 0 Å². The number of aliphatic hydroxyl groups is 1. The number of nitrogens with zero attached hydrogens (tertiary/aromatic N) is 3. The van der Waals surface area contributed by atoms with Gasteiger partial charge >= 0.3 is 24.3 Å². The lowest BCUT2D eigenvalue weighted by molar-refractivity contribution is -0.193. The summed E-state index contributed by atoms with van der Waals surface area (Å²) in [6, 6.07) is 8.22. The van der Waals surface area contributed by atoms with Gasteiger partial charge in [0.05, 0.1) is 6.10 Å². The normalized spacial score (nSPS) is 18.2. The first kappa shape index (κ1) is 28.8. The molecule has 1 saturated heterocycles. The van der Waals surface area contributed by atoms with E-state index in [1.54, 1.807) is 12.4 Å². The number of hydrogen-bond donors (Lipinski definition) is 3. The van der Waals surface area contributed by atoms with Crippen molar-refractivity contribution in [1.82, 2.24) is 14.9 Å². The molecule has 1 aliphatic rings. The Morgan fingerprint density at radius 1 is 0.912 bits per heavy atom. The van der Waals surface area contributed by atoms with Gasteiger partial charge in [-0.05, 0) is 36.1 Å². The molecule has 2 atom stereocenters. The number of aliphatic carboxylic acids is 2. The topological polar surface area (TPSA) is 124 Å². The van der Waals surface area contributed by atoms with E-state index in [1.165, 1.54) is 11.1 Å². The minimum absolute atomic E-state index is 0.166. The minimum atomic E-state index is -5.08. The highest BCUT2D eigenvalue weighted by Crippen LogP contribution is 2.23. The molecule has 0 spiro atoms. The smallest absolute Gasteiger partial charge is 0.475 e. The summed E-state index contributed by atoms with van der Waals surface area (Å²) >= 11 is 0. The Kier molecular flexibility index (Phi) is 10.9. The average molecular weight is 497 g/mol. The van der Waals surface area contributed by atoms with Crippen LogP contribution in [0.3, 0.4) is 0 Å². The molecule has 3 N–H and O–H groups in total. The van der Waals surface area contributed by atoms with Crippen LogP contribution < -0.4 is 0 Å². The molecule has 0 bridgehead atoms. The van der Waals surface area contributed by atoms with Gasteiger partial charge in [-0.15, -0.1) is 0 Å². The number of halogens is 6. The number of rotatable bonds is 4. The highest BCUT2D eigenvalue weighted by Gasteiger charge is 2.39. The molecule has 34 heavy (non-hydrogen) atoms. The van der Waals surface area contributed by atoms with Crippen LogP contribution in [-0.2, 0) is 22.6 Å². The Bertz CT molecular complexity index is 873. The second-order valence-electron chi connectivity index (χ2n) is 6.93. The van der Waals surface area contributed by atoms with Crippen molar-refractivity contribution in [3.63, 3.8) is 0 Å². The predicted molar refractivity (Wildman–Crippen MR) is 104 cm³/mol. The number of pyridine rings is 2. The summed E-state index contributed by atoms with van der Waals surface area (Å²) in [4.78, 5) is 28.4. The second kappa shape index (κ2) is 12.8. The number of carboxylic acids is 2. The van der Waals surface area contributed by atoms with Crippen molar-refractivity contribution in [2.24, 2.45) is 0 Å². The number of aromatic nitrogens is 2. The Morgan fingerprint density at radius 2 is 1.35 bits per heavy atom. The third kappa shape index (κ3) is 10.6. The monoisotopic (exact) mass is 497 g/mol. The van der Waals surface area contributed by atoms with Crippen molar-refractivity contribution in [3.05, 3.63) is 60.2 Å². The quantitative estimate of drug-likeness (QED) is 0.551. The average Bonchev–Trinajstić information content (AvgIpc) is 3.08. The van der Waals surface area contributed by atoms with Crippen molar-refractivity contribution in [3.8, 4) is 0 Å².